The SMILES string of the molecule is CC(C)CCNC(=O)c1c[nH]c(=O)n(Cc2ccccc2Cl)c1=O. The van der Waals surface area contributed by atoms with Crippen molar-refractivity contribution in [2.45, 2.75) is 26.8 Å². The first-order valence-electron chi connectivity index (χ1n) is 7.74. The first-order valence-corrected chi connectivity index (χ1v) is 8.12. The Morgan fingerprint density at radius 3 is 2.67 bits per heavy atom. The Kier molecular flexibility index (Phi) is 5.98. The van der Waals surface area contributed by atoms with E-state index in [1.807, 2.05) is 13.8 Å². The Bertz CT molecular complexity index is 839. The largest absolute Gasteiger partial charge is 0.352 e. The molecule has 2 N–H and O–H groups in total. The van der Waals surface area contributed by atoms with E-state index in [0.717, 1.165) is 17.2 Å². The normalized spacial score (nSPS) is 10.8. The highest BCUT2D eigenvalue weighted by Crippen LogP contribution is 2.14. The number of nitrogens with zero attached hydrogens (tertiary/aromatic N) is 1. The van der Waals surface area contributed by atoms with Crippen molar-refractivity contribution in [1.29, 1.82) is 0 Å². The van der Waals surface area contributed by atoms with E-state index in [9.17, 15) is 14.4 Å². The van der Waals surface area contributed by atoms with Crippen LogP contribution in [0.15, 0.2) is 40.1 Å². The first-order chi connectivity index (χ1) is 11.4. The second-order valence-electron chi connectivity index (χ2n) is 5.93. The summed E-state index contributed by atoms with van der Waals surface area (Å²) in [6.07, 6.45) is 1.96. The number of benzene rings is 1. The van der Waals surface area contributed by atoms with E-state index in [2.05, 4.69) is 10.3 Å². The number of amides is 1. The maximum Gasteiger partial charge on any atom is 0.328 e. The first kappa shape index (κ1) is 18.0. The molecule has 0 bridgehead atoms. The second-order valence-corrected chi connectivity index (χ2v) is 6.34. The molecule has 1 amide bonds. The van der Waals surface area contributed by atoms with E-state index in [0.29, 0.717) is 23.0 Å². The van der Waals surface area contributed by atoms with Crippen molar-refractivity contribution >= 4 is 17.5 Å². The molecule has 0 aliphatic rings. The van der Waals surface area contributed by atoms with Crippen molar-refractivity contribution in [3.05, 3.63) is 67.4 Å². The summed E-state index contributed by atoms with van der Waals surface area (Å²) in [5.41, 5.74) is -0.686. The fourth-order valence-corrected chi connectivity index (χ4v) is 2.38. The molecule has 0 fully saturated rings. The van der Waals surface area contributed by atoms with Crippen LogP contribution >= 0.6 is 11.6 Å². The molecule has 128 valence electrons. The molecule has 2 rings (SSSR count). The van der Waals surface area contributed by atoms with Gasteiger partial charge in [-0.1, -0.05) is 43.6 Å². The smallest absolute Gasteiger partial charge is 0.328 e. The summed E-state index contributed by atoms with van der Waals surface area (Å²) in [6.45, 7) is 4.56. The number of carbonyl (C=O) groups excluding carboxylic acids is 1. The zero-order chi connectivity index (χ0) is 17.7. The van der Waals surface area contributed by atoms with Crippen molar-refractivity contribution in [1.82, 2.24) is 14.9 Å². The van der Waals surface area contributed by atoms with Crippen LogP contribution in [0.2, 0.25) is 5.02 Å². The Morgan fingerprint density at radius 1 is 1.29 bits per heavy atom. The van der Waals surface area contributed by atoms with Gasteiger partial charge in [0.25, 0.3) is 11.5 Å². The van der Waals surface area contributed by atoms with Crippen molar-refractivity contribution in [3.8, 4) is 0 Å². The molecule has 0 atom stereocenters. The molecule has 0 spiro atoms. The van der Waals surface area contributed by atoms with E-state index >= 15 is 0 Å². The van der Waals surface area contributed by atoms with Crippen LogP contribution in [0.1, 0.15) is 36.2 Å². The highest BCUT2D eigenvalue weighted by molar-refractivity contribution is 6.31. The molecule has 7 heteroatoms. The van der Waals surface area contributed by atoms with Gasteiger partial charge < -0.3 is 10.3 Å². The fraction of sp³-hybridized carbons (Fsp3) is 0.353. The number of hydrogen-bond donors (Lipinski definition) is 2. The van der Waals surface area contributed by atoms with E-state index in [4.69, 9.17) is 11.6 Å². The van der Waals surface area contributed by atoms with Crippen LogP contribution in [-0.2, 0) is 6.54 Å². The minimum Gasteiger partial charge on any atom is -0.352 e. The lowest BCUT2D eigenvalue weighted by atomic mass is 10.1. The quantitative estimate of drug-likeness (QED) is 0.836. The second kappa shape index (κ2) is 7.97. The van der Waals surface area contributed by atoms with Gasteiger partial charge in [-0.25, -0.2) is 4.79 Å². The van der Waals surface area contributed by atoms with Crippen molar-refractivity contribution in [2.75, 3.05) is 6.54 Å². The summed E-state index contributed by atoms with van der Waals surface area (Å²) >= 11 is 6.07. The van der Waals surface area contributed by atoms with Crippen LogP contribution in [0.5, 0.6) is 0 Å². The summed E-state index contributed by atoms with van der Waals surface area (Å²) in [5.74, 6) is -0.0532. The monoisotopic (exact) mass is 349 g/mol. The minimum absolute atomic E-state index is 0.000947. The number of rotatable bonds is 6. The van der Waals surface area contributed by atoms with E-state index in [1.54, 1.807) is 24.3 Å². The van der Waals surface area contributed by atoms with Gasteiger partial charge in [0.1, 0.15) is 5.56 Å². The molecule has 0 aliphatic carbocycles. The van der Waals surface area contributed by atoms with Crippen molar-refractivity contribution in [2.24, 2.45) is 5.92 Å². The van der Waals surface area contributed by atoms with Gasteiger partial charge in [-0.15, -0.1) is 0 Å². The summed E-state index contributed by atoms with van der Waals surface area (Å²) in [4.78, 5) is 39.0. The van der Waals surface area contributed by atoms with Crippen LogP contribution in [0, 0.1) is 5.92 Å². The topological polar surface area (TPSA) is 84.0 Å². The third-order valence-electron chi connectivity index (χ3n) is 3.60. The molecule has 0 saturated carbocycles. The van der Waals surface area contributed by atoms with Gasteiger partial charge in [0.2, 0.25) is 0 Å². The third-order valence-corrected chi connectivity index (χ3v) is 3.97. The Hall–Kier alpha value is -2.34. The molecule has 1 aromatic heterocycles. The van der Waals surface area contributed by atoms with E-state index < -0.39 is 17.2 Å². The average Bonchev–Trinajstić information content (AvgIpc) is 2.52. The lowest BCUT2D eigenvalue weighted by Crippen LogP contribution is -2.41. The molecule has 24 heavy (non-hydrogen) atoms. The standard InChI is InChI=1S/C17H20ClN3O3/c1-11(2)7-8-19-15(22)13-9-20-17(24)21(16(13)23)10-12-5-3-4-6-14(12)18/h3-6,9,11H,7-8,10H2,1-2H3,(H,19,22)(H,20,24). The van der Waals surface area contributed by atoms with Crippen molar-refractivity contribution < 1.29 is 4.79 Å². The number of nitrogens with one attached hydrogen (secondary N) is 2. The summed E-state index contributed by atoms with van der Waals surface area (Å²) in [5, 5.41) is 3.15. The predicted octanol–water partition coefficient (Wildman–Crippen LogP) is 2.01. The van der Waals surface area contributed by atoms with Crippen LogP contribution < -0.4 is 16.6 Å². The van der Waals surface area contributed by atoms with Gasteiger partial charge in [0.05, 0.1) is 6.54 Å². The Morgan fingerprint density at radius 2 is 2.00 bits per heavy atom. The van der Waals surface area contributed by atoms with Gasteiger partial charge in [0.15, 0.2) is 0 Å². The van der Waals surface area contributed by atoms with Gasteiger partial charge >= 0.3 is 5.69 Å². The molecule has 0 saturated heterocycles. The number of halogens is 1. The lowest BCUT2D eigenvalue weighted by Gasteiger charge is -2.10. The molecule has 1 heterocycles. The fourth-order valence-electron chi connectivity index (χ4n) is 2.18. The van der Waals surface area contributed by atoms with Gasteiger partial charge in [-0.2, -0.15) is 0 Å². The number of H-pyrrole nitrogens is 1. The number of carbonyl (C=O) groups is 1. The number of aromatic amines is 1. The van der Waals surface area contributed by atoms with Gasteiger partial charge in [-0.05, 0) is 24.0 Å². The lowest BCUT2D eigenvalue weighted by molar-refractivity contribution is 0.0949. The zero-order valence-corrected chi connectivity index (χ0v) is 14.4. The maximum atomic E-state index is 12.5. The highest BCUT2D eigenvalue weighted by Gasteiger charge is 2.15. The van der Waals surface area contributed by atoms with Crippen LogP contribution in [-0.4, -0.2) is 22.0 Å². The molecular weight excluding hydrogens is 330 g/mol. The van der Waals surface area contributed by atoms with Crippen LogP contribution in [0.25, 0.3) is 0 Å². The average molecular weight is 350 g/mol. The van der Waals surface area contributed by atoms with Crippen LogP contribution in [0.3, 0.4) is 0 Å². The Balaban J connectivity index is 2.27. The van der Waals surface area contributed by atoms with Gasteiger partial charge in [-0.3, -0.25) is 14.2 Å². The maximum absolute atomic E-state index is 12.5. The predicted molar refractivity (Wildman–Crippen MR) is 93.7 cm³/mol. The minimum atomic E-state index is -0.638. The van der Waals surface area contributed by atoms with Crippen molar-refractivity contribution in [3.63, 3.8) is 0 Å². The molecule has 0 aliphatic heterocycles. The van der Waals surface area contributed by atoms with E-state index in [1.165, 1.54) is 0 Å². The highest BCUT2D eigenvalue weighted by atomic mass is 35.5. The molecule has 0 unspecified atom stereocenters. The molecular formula is C17H20ClN3O3. The molecule has 1 aromatic carbocycles. The summed E-state index contributed by atoms with van der Waals surface area (Å²) in [6, 6.07) is 6.93. The number of hydrogen-bond acceptors (Lipinski definition) is 3. The van der Waals surface area contributed by atoms with Crippen LogP contribution in [0.4, 0.5) is 0 Å². The molecule has 0 radical (unpaired) electrons. The Labute approximate surface area is 144 Å². The number of aromatic nitrogens is 2. The summed E-state index contributed by atoms with van der Waals surface area (Å²) < 4.78 is 0.971. The van der Waals surface area contributed by atoms with Gasteiger partial charge in [0, 0.05) is 17.8 Å². The van der Waals surface area contributed by atoms with E-state index in [-0.39, 0.29) is 12.1 Å². The summed E-state index contributed by atoms with van der Waals surface area (Å²) in [7, 11) is 0. The molecule has 6 nitrogen and oxygen atoms in total. The zero-order valence-electron chi connectivity index (χ0n) is 13.6. The molecule has 2 aromatic rings. The third kappa shape index (κ3) is 4.35.